The van der Waals surface area contributed by atoms with Gasteiger partial charge in [0.15, 0.2) is 0 Å². The normalized spacial score (nSPS) is 12.1. The molecule has 1 aromatic heterocycles. The number of rotatable bonds is 9. The Morgan fingerprint density at radius 2 is 1.88 bits per heavy atom. The minimum absolute atomic E-state index is 0.00984. The molecule has 1 heterocycles. The van der Waals surface area contributed by atoms with Crippen molar-refractivity contribution in [2.24, 2.45) is 5.73 Å². The van der Waals surface area contributed by atoms with Crippen molar-refractivity contribution >= 4 is 34.8 Å². The zero-order valence-corrected chi connectivity index (χ0v) is 19.7. The van der Waals surface area contributed by atoms with Gasteiger partial charge in [-0.2, -0.15) is 5.10 Å². The predicted octanol–water partition coefficient (Wildman–Crippen LogP) is 2.76. The molecule has 3 rings (SSSR count). The zero-order chi connectivity index (χ0) is 25.0. The molecular weight excluding hydrogens is 484 g/mol. The van der Waals surface area contributed by atoms with Crippen LogP contribution in [0, 0.1) is 11.6 Å². The number of nitrogens with one attached hydrogen (secondary N) is 1. The highest BCUT2D eigenvalue weighted by Crippen LogP contribution is 2.29. The van der Waals surface area contributed by atoms with Crippen LogP contribution in [0.1, 0.15) is 17.5 Å². The third-order valence-electron chi connectivity index (χ3n) is 4.60. The van der Waals surface area contributed by atoms with Crippen molar-refractivity contribution in [1.29, 1.82) is 0 Å². The fourth-order valence-corrected chi connectivity index (χ4v) is 3.25. The quantitative estimate of drug-likeness (QED) is 0.323. The van der Waals surface area contributed by atoms with Crippen LogP contribution >= 0.6 is 24.4 Å². The molecule has 0 radical (unpaired) electrons. The molecule has 34 heavy (non-hydrogen) atoms. The van der Waals surface area contributed by atoms with Crippen molar-refractivity contribution in [2.45, 2.75) is 25.0 Å². The first-order valence-electron chi connectivity index (χ1n) is 10.1. The van der Waals surface area contributed by atoms with E-state index in [0.717, 1.165) is 18.6 Å². The number of hydrogen-bond donors (Lipinski definition) is 4. The molecule has 8 nitrogen and oxygen atoms in total. The third-order valence-corrected chi connectivity index (χ3v) is 4.86. The van der Waals surface area contributed by atoms with E-state index in [4.69, 9.17) is 22.1 Å². The van der Waals surface area contributed by atoms with Crippen molar-refractivity contribution in [3.8, 4) is 0 Å². The second-order valence-electron chi connectivity index (χ2n) is 7.14. The lowest BCUT2D eigenvalue weighted by Gasteiger charge is -2.29. The summed E-state index contributed by atoms with van der Waals surface area (Å²) in [7, 11) is 0. The third kappa shape index (κ3) is 9.33. The van der Waals surface area contributed by atoms with Gasteiger partial charge in [-0.1, -0.05) is 36.4 Å². The molecule has 12 heteroatoms. The highest BCUT2D eigenvalue weighted by atomic mass is 32.1. The smallest absolute Gasteiger partial charge is 0.256 e. The van der Waals surface area contributed by atoms with Gasteiger partial charge in [0.25, 0.3) is 10.3 Å². The van der Waals surface area contributed by atoms with E-state index in [-0.39, 0.29) is 30.3 Å². The first-order valence-corrected chi connectivity index (χ1v) is 10.9. The average Bonchev–Trinajstić information content (AvgIpc) is 3.26. The molecule has 3 aromatic rings. The summed E-state index contributed by atoms with van der Waals surface area (Å²) in [5.74, 6) is -1.57. The lowest BCUT2D eigenvalue weighted by Crippen LogP contribution is -2.35. The number of aromatic nitrogens is 3. The van der Waals surface area contributed by atoms with E-state index in [1.165, 1.54) is 29.0 Å². The van der Waals surface area contributed by atoms with Gasteiger partial charge in [-0.05, 0) is 42.5 Å². The molecule has 1 atom stereocenters. The first kappa shape index (κ1) is 27.0. The number of benzene rings is 2. The van der Waals surface area contributed by atoms with Crippen molar-refractivity contribution in [3.05, 3.63) is 83.9 Å². The highest BCUT2D eigenvalue weighted by molar-refractivity contribution is 7.80. The molecule has 0 fully saturated rings. The molecule has 182 valence electrons. The molecule has 0 spiro atoms. The summed E-state index contributed by atoms with van der Waals surface area (Å²) in [6.45, 7) is 0.547. The zero-order valence-electron chi connectivity index (χ0n) is 18.1. The van der Waals surface area contributed by atoms with Crippen LogP contribution in [0.2, 0.25) is 0 Å². The first-order chi connectivity index (χ1) is 16.2. The molecule has 0 saturated carbocycles. The lowest BCUT2D eigenvalue weighted by molar-refractivity contribution is -0.00921. The van der Waals surface area contributed by atoms with Gasteiger partial charge in [-0.15, -0.1) is 0 Å². The molecule has 0 aliphatic heterocycles. The van der Waals surface area contributed by atoms with E-state index in [2.05, 4.69) is 33.4 Å². The van der Waals surface area contributed by atoms with Crippen LogP contribution in [-0.2, 0) is 23.3 Å². The Hall–Kier alpha value is -3.22. The lowest BCUT2D eigenvalue weighted by atomic mass is 9.90. The van der Waals surface area contributed by atoms with Crippen molar-refractivity contribution in [3.63, 3.8) is 0 Å². The summed E-state index contributed by atoms with van der Waals surface area (Å²) in [6.07, 6.45) is 3.50. The number of hydrogen-bond acceptors (Lipinski definition) is 6. The molecule has 0 bridgehead atoms. The molecule has 0 aliphatic rings. The van der Waals surface area contributed by atoms with E-state index < -0.39 is 22.4 Å². The standard InChI is InChI=1S/C21H22F2N4O2S.CH3NOS/c22-17-6-7-18(19(23)12-17)21(28,13-27-15-24-14-26-27)9-11-29-20(30)25-10-8-16-4-2-1-3-5-16;2-1(3)4/h1-7,12,14-15,28H,8-11,13H2,(H,25,30);(H3,2,3,4)/t21-;/m0./s1. The number of aliphatic hydroxyl groups is 2. The molecule has 0 aliphatic carbocycles. The molecular formula is C22H25F2N5O3S2. The van der Waals surface area contributed by atoms with Gasteiger partial charge in [0.2, 0.25) is 0 Å². The SMILES string of the molecule is NC(O)=S.O[C@@](CCOC(=S)NCCc1ccccc1)(Cn1cncn1)c1ccc(F)cc1F. The van der Waals surface area contributed by atoms with Gasteiger partial charge >= 0.3 is 0 Å². The minimum Gasteiger partial charge on any atom is -0.487 e. The summed E-state index contributed by atoms with van der Waals surface area (Å²) in [5.41, 5.74) is 3.83. The minimum atomic E-state index is -1.69. The van der Waals surface area contributed by atoms with Crippen LogP contribution in [0.5, 0.6) is 0 Å². The van der Waals surface area contributed by atoms with Crippen LogP contribution in [0.4, 0.5) is 8.78 Å². The number of thiocarbonyl (C=S) groups is 2. The van der Waals surface area contributed by atoms with Gasteiger partial charge in [0.1, 0.15) is 29.9 Å². The number of aliphatic hydroxyl groups excluding tert-OH is 1. The largest absolute Gasteiger partial charge is 0.487 e. The summed E-state index contributed by atoms with van der Waals surface area (Å²) in [5, 5.41) is 25.4. The Kier molecular flexibility index (Phi) is 10.7. The van der Waals surface area contributed by atoms with E-state index in [0.29, 0.717) is 6.54 Å². The van der Waals surface area contributed by atoms with Crippen LogP contribution in [0.15, 0.2) is 61.2 Å². The van der Waals surface area contributed by atoms with E-state index in [9.17, 15) is 13.9 Å². The maximum Gasteiger partial charge on any atom is 0.256 e. The Balaban J connectivity index is 0.000000945. The fourth-order valence-electron chi connectivity index (χ4n) is 3.07. The second kappa shape index (κ2) is 13.5. The van der Waals surface area contributed by atoms with Gasteiger partial charge in [0, 0.05) is 24.6 Å². The summed E-state index contributed by atoms with van der Waals surface area (Å²) >= 11 is 9.04. The van der Waals surface area contributed by atoms with Crippen LogP contribution in [-0.4, -0.2) is 48.5 Å². The number of nitrogens with two attached hydrogens (primary N) is 1. The van der Waals surface area contributed by atoms with Crippen molar-refractivity contribution in [2.75, 3.05) is 13.2 Å². The van der Waals surface area contributed by atoms with Gasteiger partial charge in [-0.3, -0.25) is 0 Å². The van der Waals surface area contributed by atoms with Crippen LogP contribution in [0.25, 0.3) is 0 Å². The maximum absolute atomic E-state index is 14.4. The van der Waals surface area contributed by atoms with Gasteiger partial charge in [-0.25, -0.2) is 18.4 Å². The highest BCUT2D eigenvalue weighted by Gasteiger charge is 2.33. The molecule has 2 aromatic carbocycles. The monoisotopic (exact) mass is 509 g/mol. The summed E-state index contributed by atoms with van der Waals surface area (Å²) < 4.78 is 34.5. The Bertz CT molecular complexity index is 1050. The topological polar surface area (TPSA) is 118 Å². The van der Waals surface area contributed by atoms with Gasteiger partial charge < -0.3 is 26.0 Å². The predicted molar refractivity (Wildman–Crippen MR) is 131 cm³/mol. The van der Waals surface area contributed by atoms with Crippen LogP contribution in [0.3, 0.4) is 0 Å². The van der Waals surface area contributed by atoms with Crippen molar-refractivity contribution < 1.29 is 23.7 Å². The molecule has 0 unspecified atom stereocenters. The Morgan fingerprint density at radius 1 is 1.18 bits per heavy atom. The maximum atomic E-state index is 14.4. The molecule has 0 amide bonds. The van der Waals surface area contributed by atoms with Crippen LogP contribution < -0.4 is 11.1 Å². The molecule has 5 N–H and O–H groups in total. The van der Waals surface area contributed by atoms with E-state index in [1.807, 2.05) is 30.3 Å². The van der Waals surface area contributed by atoms with E-state index >= 15 is 0 Å². The summed E-state index contributed by atoms with van der Waals surface area (Å²) in [4.78, 5) is 3.83. The Labute approximate surface area is 206 Å². The average molecular weight is 510 g/mol. The number of halogens is 2. The van der Waals surface area contributed by atoms with Crippen molar-refractivity contribution in [1.82, 2.24) is 20.1 Å². The number of ether oxygens (including phenoxy) is 1. The van der Waals surface area contributed by atoms with Gasteiger partial charge in [0.05, 0.1) is 13.2 Å². The number of nitrogens with zero attached hydrogens (tertiary/aromatic N) is 3. The molecule has 0 saturated heterocycles. The fraction of sp³-hybridized carbons (Fsp3) is 0.273. The van der Waals surface area contributed by atoms with E-state index in [1.54, 1.807) is 0 Å². The summed E-state index contributed by atoms with van der Waals surface area (Å²) in [6, 6.07) is 13.0. The Morgan fingerprint density at radius 3 is 2.50 bits per heavy atom. The second-order valence-corrected chi connectivity index (χ2v) is 7.92.